The molecule has 1 rings (SSSR count). The minimum atomic E-state index is 0.535. The van der Waals surface area contributed by atoms with E-state index in [1.54, 1.807) is 0 Å². The topological polar surface area (TPSA) is 12.0 Å². The van der Waals surface area contributed by atoms with Gasteiger partial charge in [0, 0.05) is 6.04 Å². The third kappa shape index (κ3) is 5.04. The first-order valence-corrected chi connectivity index (χ1v) is 7.55. The molecule has 90 valence electrons. The maximum Gasteiger partial charge on any atom is 0.0320 e. The van der Waals surface area contributed by atoms with Crippen molar-refractivity contribution in [3.05, 3.63) is 35.9 Å². The quantitative estimate of drug-likeness (QED) is 0.689. The van der Waals surface area contributed by atoms with E-state index in [1.165, 1.54) is 30.6 Å². The molecule has 0 saturated carbocycles. The van der Waals surface area contributed by atoms with Crippen LogP contribution in [0.3, 0.4) is 0 Å². The summed E-state index contributed by atoms with van der Waals surface area (Å²) in [5, 5.41) is 3.66. The first-order valence-electron chi connectivity index (χ1n) is 6.15. The number of thioether (sulfide) groups is 1. The molecule has 0 heterocycles. The molecule has 0 aliphatic carbocycles. The van der Waals surface area contributed by atoms with E-state index < -0.39 is 0 Å². The minimum Gasteiger partial charge on any atom is -0.310 e. The average Bonchev–Trinajstić information content (AvgIpc) is 2.34. The van der Waals surface area contributed by atoms with Crippen molar-refractivity contribution in [3.63, 3.8) is 0 Å². The molecule has 0 aromatic heterocycles. The second-order valence-electron chi connectivity index (χ2n) is 4.05. The lowest BCUT2D eigenvalue weighted by molar-refractivity contribution is 0.495. The highest BCUT2D eigenvalue weighted by Crippen LogP contribution is 2.17. The van der Waals surface area contributed by atoms with E-state index >= 15 is 0 Å². The Morgan fingerprint density at radius 3 is 2.62 bits per heavy atom. The summed E-state index contributed by atoms with van der Waals surface area (Å²) in [5.41, 5.74) is 1.42. The first kappa shape index (κ1) is 13.6. The summed E-state index contributed by atoms with van der Waals surface area (Å²) in [6, 6.07) is 11.3. The molecule has 0 amide bonds. The Morgan fingerprint density at radius 2 is 2.00 bits per heavy atom. The van der Waals surface area contributed by atoms with Crippen LogP contribution in [0.5, 0.6) is 0 Å². The van der Waals surface area contributed by atoms with Crippen LogP contribution >= 0.6 is 11.8 Å². The highest BCUT2D eigenvalue weighted by molar-refractivity contribution is 7.98. The van der Waals surface area contributed by atoms with Gasteiger partial charge in [0.1, 0.15) is 0 Å². The van der Waals surface area contributed by atoms with Crippen molar-refractivity contribution in [1.82, 2.24) is 5.32 Å². The number of rotatable bonds is 8. The van der Waals surface area contributed by atoms with Gasteiger partial charge in [-0.15, -0.1) is 0 Å². The van der Waals surface area contributed by atoms with Crippen LogP contribution in [-0.4, -0.2) is 18.6 Å². The highest BCUT2D eigenvalue weighted by Gasteiger charge is 2.08. The smallest absolute Gasteiger partial charge is 0.0320 e. The normalized spacial score (nSPS) is 12.6. The Labute approximate surface area is 104 Å². The molecule has 1 N–H and O–H groups in total. The third-order valence-electron chi connectivity index (χ3n) is 2.70. The van der Waals surface area contributed by atoms with E-state index in [2.05, 4.69) is 48.8 Å². The standard InChI is InChI=1S/C14H23NS/c1-3-8-14(15-11-7-12-16-2)13-9-5-4-6-10-13/h4-6,9-10,14-15H,3,7-8,11-12H2,1-2H3. The van der Waals surface area contributed by atoms with Gasteiger partial charge in [-0.25, -0.2) is 0 Å². The molecule has 16 heavy (non-hydrogen) atoms. The lowest BCUT2D eigenvalue weighted by Gasteiger charge is -2.18. The predicted octanol–water partition coefficient (Wildman–Crippen LogP) is 3.87. The van der Waals surface area contributed by atoms with Crippen molar-refractivity contribution in [2.45, 2.75) is 32.2 Å². The van der Waals surface area contributed by atoms with Crippen molar-refractivity contribution >= 4 is 11.8 Å². The van der Waals surface area contributed by atoms with Gasteiger partial charge < -0.3 is 5.32 Å². The Hall–Kier alpha value is -0.470. The molecule has 2 heteroatoms. The number of hydrogen-bond donors (Lipinski definition) is 1. The van der Waals surface area contributed by atoms with Gasteiger partial charge in [-0.1, -0.05) is 43.7 Å². The zero-order valence-electron chi connectivity index (χ0n) is 10.4. The minimum absolute atomic E-state index is 0.535. The van der Waals surface area contributed by atoms with Gasteiger partial charge in [-0.2, -0.15) is 11.8 Å². The summed E-state index contributed by atoms with van der Waals surface area (Å²) >= 11 is 1.92. The maximum absolute atomic E-state index is 3.66. The number of benzene rings is 1. The summed E-state index contributed by atoms with van der Waals surface area (Å²) in [6.45, 7) is 3.37. The molecule has 0 bridgehead atoms. The fraction of sp³-hybridized carbons (Fsp3) is 0.571. The predicted molar refractivity (Wildman–Crippen MR) is 75.1 cm³/mol. The van der Waals surface area contributed by atoms with Crippen LogP contribution in [0.15, 0.2) is 30.3 Å². The summed E-state index contributed by atoms with van der Waals surface area (Å²) in [7, 11) is 0. The van der Waals surface area contributed by atoms with E-state index in [1.807, 2.05) is 11.8 Å². The number of hydrogen-bond acceptors (Lipinski definition) is 2. The van der Waals surface area contributed by atoms with E-state index in [-0.39, 0.29) is 0 Å². The summed E-state index contributed by atoms with van der Waals surface area (Å²) in [4.78, 5) is 0. The second kappa shape index (κ2) is 8.66. The zero-order chi connectivity index (χ0) is 11.6. The van der Waals surface area contributed by atoms with Crippen LogP contribution in [0.1, 0.15) is 37.8 Å². The van der Waals surface area contributed by atoms with Gasteiger partial charge in [0.15, 0.2) is 0 Å². The van der Waals surface area contributed by atoms with Crippen molar-refractivity contribution in [1.29, 1.82) is 0 Å². The molecule has 1 aromatic carbocycles. The van der Waals surface area contributed by atoms with Gasteiger partial charge in [0.25, 0.3) is 0 Å². The molecule has 0 spiro atoms. The molecular weight excluding hydrogens is 214 g/mol. The monoisotopic (exact) mass is 237 g/mol. The molecule has 0 aliphatic heterocycles. The lowest BCUT2D eigenvalue weighted by atomic mass is 10.0. The maximum atomic E-state index is 3.66. The van der Waals surface area contributed by atoms with Crippen LogP contribution in [0.4, 0.5) is 0 Å². The van der Waals surface area contributed by atoms with E-state index in [9.17, 15) is 0 Å². The molecule has 0 radical (unpaired) electrons. The zero-order valence-corrected chi connectivity index (χ0v) is 11.2. The van der Waals surface area contributed by atoms with Gasteiger partial charge in [0.05, 0.1) is 0 Å². The molecule has 1 atom stereocenters. The summed E-state index contributed by atoms with van der Waals surface area (Å²) in [5.74, 6) is 1.25. The van der Waals surface area contributed by atoms with Crippen molar-refractivity contribution in [3.8, 4) is 0 Å². The molecular formula is C14H23NS. The molecule has 0 saturated heterocycles. The fourth-order valence-electron chi connectivity index (χ4n) is 1.85. The van der Waals surface area contributed by atoms with Crippen LogP contribution < -0.4 is 5.32 Å². The lowest BCUT2D eigenvalue weighted by Crippen LogP contribution is -2.22. The Morgan fingerprint density at radius 1 is 1.25 bits per heavy atom. The molecule has 0 fully saturated rings. The SMILES string of the molecule is CCCC(NCCCSC)c1ccccc1. The second-order valence-corrected chi connectivity index (χ2v) is 5.04. The van der Waals surface area contributed by atoms with Crippen molar-refractivity contribution in [2.24, 2.45) is 0 Å². The van der Waals surface area contributed by atoms with Crippen LogP contribution in [0, 0.1) is 0 Å². The van der Waals surface area contributed by atoms with Gasteiger partial charge in [-0.3, -0.25) is 0 Å². The molecule has 1 aromatic rings. The summed E-state index contributed by atoms with van der Waals surface area (Å²) < 4.78 is 0. The molecule has 1 nitrogen and oxygen atoms in total. The van der Waals surface area contributed by atoms with E-state index in [0.717, 1.165) is 6.54 Å². The third-order valence-corrected chi connectivity index (χ3v) is 3.39. The Balaban J connectivity index is 2.41. The summed E-state index contributed by atoms with van der Waals surface area (Å²) in [6.07, 6.45) is 5.88. The van der Waals surface area contributed by atoms with Crippen molar-refractivity contribution < 1.29 is 0 Å². The number of nitrogens with one attached hydrogen (secondary N) is 1. The molecule has 0 aliphatic rings. The Bertz CT molecular complexity index is 261. The van der Waals surface area contributed by atoms with E-state index in [4.69, 9.17) is 0 Å². The Kier molecular flexibility index (Phi) is 7.35. The average molecular weight is 237 g/mol. The fourth-order valence-corrected chi connectivity index (χ4v) is 2.29. The van der Waals surface area contributed by atoms with Crippen LogP contribution in [-0.2, 0) is 0 Å². The largest absolute Gasteiger partial charge is 0.310 e. The molecule has 1 unspecified atom stereocenters. The first-order chi connectivity index (χ1) is 7.88. The van der Waals surface area contributed by atoms with Crippen LogP contribution in [0.25, 0.3) is 0 Å². The van der Waals surface area contributed by atoms with E-state index in [0.29, 0.717) is 6.04 Å². The van der Waals surface area contributed by atoms with Crippen molar-refractivity contribution in [2.75, 3.05) is 18.6 Å². The highest BCUT2D eigenvalue weighted by atomic mass is 32.2. The van der Waals surface area contributed by atoms with Gasteiger partial charge >= 0.3 is 0 Å². The van der Waals surface area contributed by atoms with Crippen LogP contribution in [0.2, 0.25) is 0 Å². The van der Waals surface area contributed by atoms with Gasteiger partial charge in [-0.05, 0) is 37.0 Å². The van der Waals surface area contributed by atoms with Gasteiger partial charge in [0.2, 0.25) is 0 Å².